The van der Waals surface area contributed by atoms with E-state index in [-0.39, 0.29) is 5.91 Å². The maximum atomic E-state index is 12.9. The van der Waals surface area contributed by atoms with Crippen LogP contribution in [0.1, 0.15) is 48.9 Å². The molecule has 3 N–H and O–H groups in total. The summed E-state index contributed by atoms with van der Waals surface area (Å²) in [5.41, 5.74) is 3.08. The van der Waals surface area contributed by atoms with E-state index in [0.29, 0.717) is 23.3 Å². The van der Waals surface area contributed by atoms with E-state index in [0.717, 1.165) is 23.9 Å². The van der Waals surface area contributed by atoms with Crippen molar-refractivity contribution in [2.75, 3.05) is 12.0 Å². The number of nitrogens with one attached hydrogen (secondary N) is 1. The molecular weight excluding hydrogens is 332 g/mol. The summed E-state index contributed by atoms with van der Waals surface area (Å²) >= 11 is 3.38. The number of pyridine rings is 1. The summed E-state index contributed by atoms with van der Waals surface area (Å²) in [6.07, 6.45) is 8.99. The second-order valence-corrected chi connectivity index (χ2v) is 6.86. The Morgan fingerprint density at radius 1 is 1.33 bits per heavy atom. The molecule has 5 nitrogen and oxygen atoms in total. The summed E-state index contributed by atoms with van der Waals surface area (Å²) in [4.78, 5) is 19.1. The van der Waals surface area contributed by atoms with E-state index in [9.17, 15) is 4.79 Å². The molecule has 1 saturated heterocycles. The minimum Gasteiger partial charge on any atom is -0.335 e. The molecule has 0 radical (unpaired) electrons. The van der Waals surface area contributed by atoms with Gasteiger partial charge in [0.25, 0.3) is 5.91 Å². The van der Waals surface area contributed by atoms with Crippen molar-refractivity contribution in [1.29, 1.82) is 0 Å². The van der Waals surface area contributed by atoms with Crippen LogP contribution in [0, 0.1) is 5.92 Å². The number of amides is 1. The highest BCUT2D eigenvalue weighted by Gasteiger charge is 2.36. The van der Waals surface area contributed by atoms with Crippen LogP contribution in [0.15, 0.2) is 16.7 Å². The Kier molecular flexibility index (Phi) is 4.45. The minimum absolute atomic E-state index is 0.0474. The lowest BCUT2D eigenvalue weighted by Crippen LogP contribution is -2.40. The number of hydrogen-bond acceptors (Lipinski definition) is 4. The second kappa shape index (κ2) is 6.32. The van der Waals surface area contributed by atoms with Crippen LogP contribution in [-0.2, 0) is 0 Å². The Hall–Kier alpha value is -1.14. The summed E-state index contributed by atoms with van der Waals surface area (Å²) in [5, 5.41) is 0. The highest BCUT2D eigenvalue weighted by atomic mass is 79.9. The standard InChI is InChI=1S/C15H21BrN4O/c16-11-8-12(14(19-17)18-9-11)15(21)20-7-3-6-13(20)10-4-1-2-5-10/h8-10,13H,1-7,17H2,(H,18,19). The zero-order valence-electron chi connectivity index (χ0n) is 12.0. The van der Waals surface area contributed by atoms with Crippen LogP contribution in [0.5, 0.6) is 0 Å². The van der Waals surface area contributed by atoms with Crippen molar-refractivity contribution >= 4 is 27.7 Å². The summed E-state index contributed by atoms with van der Waals surface area (Å²) in [5.74, 6) is 6.66. The van der Waals surface area contributed by atoms with Gasteiger partial charge >= 0.3 is 0 Å². The van der Waals surface area contributed by atoms with Crippen molar-refractivity contribution in [2.45, 2.75) is 44.6 Å². The Balaban J connectivity index is 1.85. The Labute approximate surface area is 133 Å². The Morgan fingerprint density at radius 3 is 2.81 bits per heavy atom. The highest BCUT2D eigenvalue weighted by Crippen LogP contribution is 2.36. The summed E-state index contributed by atoms with van der Waals surface area (Å²) in [6, 6.07) is 2.19. The molecule has 3 rings (SSSR count). The van der Waals surface area contributed by atoms with E-state index in [2.05, 4.69) is 26.3 Å². The predicted molar refractivity (Wildman–Crippen MR) is 85.8 cm³/mol. The first kappa shape index (κ1) is 14.8. The predicted octanol–water partition coefficient (Wildman–Crippen LogP) is 2.92. The van der Waals surface area contributed by atoms with Crippen LogP contribution < -0.4 is 11.3 Å². The molecular formula is C15H21BrN4O. The third-order valence-electron chi connectivity index (χ3n) is 4.73. The molecule has 0 spiro atoms. The van der Waals surface area contributed by atoms with Crippen molar-refractivity contribution in [2.24, 2.45) is 11.8 Å². The quantitative estimate of drug-likeness (QED) is 0.648. The molecule has 2 fully saturated rings. The fraction of sp³-hybridized carbons (Fsp3) is 0.600. The zero-order valence-corrected chi connectivity index (χ0v) is 13.6. The number of rotatable bonds is 3. The molecule has 114 valence electrons. The van der Waals surface area contributed by atoms with Gasteiger partial charge in [-0.2, -0.15) is 0 Å². The van der Waals surface area contributed by atoms with Gasteiger partial charge in [-0.1, -0.05) is 12.8 Å². The Bertz CT molecular complexity index is 530. The van der Waals surface area contributed by atoms with Crippen LogP contribution >= 0.6 is 15.9 Å². The average Bonchev–Trinajstić information content (AvgIpc) is 3.16. The fourth-order valence-corrected chi connectivity index (χ4v) is 4.08. The molecule has 1 atom stereocenters. The molecule has 2 aliphatic rings. The summed E-state index contributed by atoms with van der Waals surface area (Å²) in [6.45, 7) is 0.844. The van der Waals surface area contributed by atoms with Crippen LogP contribution in [0.4, 0.5) is 5.82 Å². The average molecular weight is 353 g/mol. The summed E-state index contributed by atoms with van der Waals surface area (Å²) < 4.78 is 0.793. The Morgan fingerprint density at radius 2 is 2.10 bits per heavy atom. The molecule has 1 aliphatic carbocycles. The molecule has 0 bridgehead atoms. The van der Waals surface area contributed by atoms with Gasteiger partial charge in [-0.3, -0.25) is 4.79 Å². The van der Waals surface area contributed by atoms with Gasteiger partial charge in [0.2, 0.25) is 0 Å². The molecule has 1 aromatic heterocycles. The maximum absolute atomic E-state index is 12.9. The number of anilines is 1. The number of halogens is 1. The molecule has 2 heterocycles. The molecule has 0 aromatic carbocycles. The van der Waals surface area contributed by atoms with Crippen molar-refractivity contribution in [3.05, 3.63) is 22.3 Å². The third-order valence-corrected chi connectivity index (χ3v) is 5.16. The van der Waals surface area contributed by atoms with Gasteiger partial charge in [-0.15, -0.1) is 0 Å². The lowest BCUT2D eigenvalue weighted by atomic mass is 9.95. The monoisotopic (exact) mass is 352 g/mol. The van der Waals surface area contributed by atoms with Crippen LogP contribution in [0.2, 0.25) is 0 Å². The zero-order chi connectivity index (χ0) is 14.8. The van der Waals surface area contributed by atoms with Gasteiger partial charge < -0.3 is 10.3 Å². The van der Waals surface area contributed by atoms with E-state index >= 15 is 0 Å². The minimum atomic E-state index is 0.0474. The number of nitrogens with zero attached hydrogens (tertiary/aromatic N) is 2. The molecule has 1 unspecified atom stereocenters. The van der Waals surface area contributed by atoms with Crippen molar-refractivity contribution < 1.29 is 4.79 Å². The van der Waals surface area contributed by atoms with Gasteiger partial charge in [0, 0.05) is 23.3 Å². The van der Waals surface area contributed by atoms with Crippen LogP contribution in [-0.4, -0.2) is 28.4 Å². The summed E-state index contributed by atoms with van der Waals surface area (Å²) in [7, 11) is 0. The SMILES string of the molecule is NNc1ncc(Br)cc1C(=O)N1CCCC1C1CCCC1. The number of likely N-dealkylation sites (tertiary alicyclic amines) is 1. The lowest BCUT2D eigenvalue weighted by molar-refractivity contribution is 0.0689. The van der Waals surface area contributed by atoms with Gasteiger partial charge in [0.15, 0.2) is 5.82 Å². The van der Waals surface area contributed by atoms with Gasteiger partial charge in [-0.25, -0.2) is 10.8 Å². The van der Waals surface area contributed by atoms with E-state index < -0.39 is 0 Å². The number of carbonyl (C=O) groups excluding carboxylic acids is 1. The topological polar surface area (TPSA) is 71.2 Å². The van der Waals surface area contributed by atoms with E-state index in [1.54, 1.807) is 12.3 Å². The maximum Gasteiger partial charge on any atom is 0.257 e. The molecule has 1 amide bonds. The van der Waals surface area contributed by atoms with Crippen LogP contribution in [0.3, 0.4) is 0 Å². The normalized spacial score (nSPS) is 22.8. The molecule has 21 heavy (non-hydrogen) atoms. The first-order valence-electron chi connectivity index (χ1n) is 7.64. The second-order valence-electron chi connectivity index (χ2n) is 5.95. The number of hydrogen-bond donors (Lipinski definition) is 2. The third kappa shape index (κ3) is 2.92. The lowest BCUT2D eigenvalue weighted by Gasteiger charge is -2.30. The number of aromatic nitrogens is 1. The largest absolute Gasteiger partial charge is 0.335 e. The number of nitrogens with two attached hydrogens (primary N) is 1. The van der Waals surface area contributed by atoms with E-state index in [1.165, 1.54) is 25.7 Å². The van der Waals surface area contributed by atoms with Gasteiger partial charge in [0.05, 0.1) is 5.56 Å². The highest BCUT2D eigenvalue weighted by molar-refractivity contribution is 9.10. The van der Waals surface area contributed by atoms with Gasteiger partial charge in [-0.05, 0) is 53.6 Å². The van der Waals surface area contributed by atoms with Crippen LogP contribution in [0.25, 0.3) is 0 Å². The molecule has 1 aliphatic heterocycles. The van der Waals surface area contributed by atoms with Crippen molar-refractivity contribution in [1.82, 2.24) is 9.88 Å². The van der Waals surface area contributed by atoms with E-state index in [4.69, 9.17) is 5.84 Å². The van der Waals surface area contributed by atoms with Crippen molar-refractivity contribution in [3.63, 3.8) is 0 Å². The van der Waals surface area contributed by atoms with Gasteiger partial charge in [0.1, 0.15) is 0 Å². The molecule has 1 aromatic rings. The van der Waals surface area contributed by atoms with Crippen molar-refractivity contribution in [3.8, 4) is 0 Å². The number of carbonyl (C=O) groups is 1. The molecule has 1 saturated carbocycles. The smallest absolute Gasteiger partial charge is 0.257 e. The number of hydrazine groups is 1. The fourth-order valence-electron chi connectivity index (χ4n) is 3.75. The van der Waals surface area contributed by atoms with E-state index in [1.807, 2.05) is 4.90 Å². The number of nitrogen functional groups attached to an aromatic ring is 1. The first-order valence-corrected chi connectivity index (χ1v) is 8.43. The first-order chi connectivity index (χ1) is 10.2. The molecule has 6 heteroatoms.